The van der Waals surface area contributed by atoms with E-state index < -0.39 is 0 Å². The van der Waals surface area contributed by atoms with E-state index in [1.165, 1.54) is 12.8 Å². The molecule has 0 saturated heterocycles. The molecule has 1 aliphatic carbocycles. The van der Waals surface area contributed by atoms with Gasteiger partial charge in [-0.05, 0) is 25.7 Å². The Morgan fingerprint density at radius 1 is 1.73 bits per heavy atom. The van der Waals surface area contributed by atoms with Gasteiger partial charge in [-0.15, -0.1) is 6.58 Å². The van der Waals surface area contributed by atoms with Gasteiger partial charge in [-0.3, -0.25) is 11.3 Å². The number of hydrogen-bond donors (Lipinski definition) is 2. The van der Waals surface area contributed by atoms with Crippen molar-refractivity contribution in [3.63, 3.8) is 0 Å². The highest BCUT2D eigenvalue weighted by molar-refractivity contribution is 5.04. The minimum atomic E-state index is -0.136. The van der Waals surface area contributed by atoms with E-state index in [0.29, 0.717) is 5.92 Å². The third-order valence-electron chi connectivity index (χ3n) is 3.40. The number of ether oxygens (including phenoxy) is 1. The maximum atomic E-state index is 5.97. The molecule has 1 fully saturated rings. The van der Waals surface area contributed by atoms with Crippen molar-refractivity contribution in [3.8, 4) is 0 Å². The molecule has 3 heteroatoms. The lowest BCUT2D eigenvalue weighted by Crippen LogP contribution is -2.55. The Morgan fingerprint density at radius 3 is 2.93 bits per heavy atom. The molecule has 0 amide bonds. The van der Waals surface area contributed by atoms with Crippen LogP contribution in [0.5, 0.6) is 0 Å². The predicted octanol–water partition coefficient (Wildman–Crippen LogP) is 1.99. The molecule has 15 heavy (non-hydrogen) atoms. The number of nitrogens with two attached hydrogens (primary N) is 1. The lowest BCUT2D eigenvalue weighted by molar-refractivity contribution is -0.0903. The van der Waals surface area contributed by atoms with Gasteiger partial charge in [0.05, 0.1) is 11.6 Å². The standard InChI is InChI=1S/C12H24N2O/c1-4-11(14-13)12(15-5-2)8-6-7-10(3)9-12/h4,10-11,14H,1,5-9,13H2,2-3H3. The first-order chi connectivity index (χ1) is 7.18. The van der Waals surface area contributed by atoms with Crippen LogP contribution in [0.15, 0.2) is 12.7 Å². The quantitative estimate of drug-likeness (QED) is 0.416. The zero-order chi connectivity index (χ0) is 11.3. The van der Waals surface area contributed by atoms with Crippen LogP contribution in [0.2, 0.25) is 0 Å². The largest absolute Gasteiger partial charge is 0.373 e. The highest BCUT2D eigenvalue weighted by atomic mass is 16.5. The van der Waals surface area contributed by atoms with Crippen LogP contribution >= 0.6 is 0 Å². The van der Waals surface area contributed by atoms with Crippen molar-refractivity contribution in [1.29, 1.82) is 0 Å². The van der Waals surface area contributed by atoms with E-state index in [1.807, 2.05) is 13.0 Å². The van der Waals surface area contributed by atoms with Gasteiger partial charge >= 0.3 is 0 Å². The summed E-state index contributed by atoms with van der Waals surface area (Å²) in [6.07, 6.45) is 6.53. The second-order valence-electron chi connectivity index (χ2n) is 4.58. The van der Waals surface area contributed by atoms with Crippen LogP contribution in [0.1, 0.15) is 39.5 Å². The first-order valence-corrected chi connectivity index (χ1v) is 5.91. The third-order valence-corrected chi connectivity index (χ3v) is 3.40. The van der Waals surface area contributed by atoms with Gasteiger partial charge in [-0.2, -0.15) is 0 Å². The van der Waals surface area contributed by atoms with Crippen molar-refractivity contribution in [3.05, 3.63) is 12.7 Å². The second kappa shape index (κ2) is 5.64. The van der Waals surface area contributed by atoms with E-state index in [4.69, 9.17) is 10.6 Å². The molecule has 1 aliphatic rings. The fourth-order valence-electron chi connectivity index (χ4n) is 2.77. The highest BCUT2D eigenvalue weighted by Crippen LogP contribution is 2.37. The molecule has 0 aromatic rings. The van der Waals surface area contributed by atoms with Crippen LogP contribution in [0, 0.1) is 5.92 Å². The van der Waals surface area contributed by atoms with Crippen LogP contribution in [0.25, 0.3) is 0 Å². The molecule has 3 unspecified atom stereocenters. The van der Waals surface area contributed by atoms with Crippen molar-refractivity contribution in [2.45, 2.75) is 51.2 Å². The summed E-state index contributed by atoms with van der Waals surface area (Å²) in [5.41, 5.74) is 2.69. The topological polar surface area (TPSA) is 47.3 Å². The van der Waals surface area contributed by atoms with Crippen molar-refractivity contribution in [1.82, 2.24) is 5.43 Å². The summed E-state index contributed by atoms with van der Waals surface area (Å²) >= 11 is 0. The summed E-state index contributed by atoms with van der Waals surface area (Å²) in [4.78, 5) is 0. The molecule has 0 heterocycles. The smallest absolute Gasteiger partial charge is 0.0885 e. The molecule has 0 aromatic heterocycles. The molecular formula is C12H24N2O. The number of nitrogens with one attached hydrogen (secondary N) is 1. The van der Waals surface area contributed by atoms with Gasteiger partial charge in [0.15, 0.2) is 0 Å². The molecule has 88 valence electrons. The van der Waals surface area contributed by atoms with Gasteiger partial charge in [-0.1, -0.05) is 25.8 Å². The molecule has 0 spiro atoms. The minimum Gasteiger partial charge on any atom is -0.373 e. The van der Waals surface area contributed by atoms with Crippen LogP contribution in [-0.2, 0) is 4.74 Å². The molecule has 3 atom stereocenters. The summed E-state index contributed by atoms with van der Waals surface area (Å²) in [7, 11) is 0. The number of hydrogen-bond acceptors (Lipinski definition) is 3. The Balaban J connectivity index is 2.79. The maximum Gasteiger partial charge on any atom is 0.0885 e. The average Bonchev–Trinajstić information content (AvgIpc) is 2.19. The van der Waals surface area contributed by atoms with E-state index in [0.717, 1.165) is 19.4 Å². The van der Waals surface area contributed by atoms with Crippen LogP contribution in [0.4, 0.5) is 0 Å². The molecule has 1 rings (SSSR count). The van der Waals surface area contributed by atoms with Gasteiger partial charge in [0.1, 0.15) is 0 Å². The van der Waals surface area contributed by atoms with E-state index in [9.17, 15) is 0 Å². The van der Waals surface area contributed by atoms with Crippen molar-refractivity contribution < 1.29 is 4.74 Å². The average molecular weight is 212 g/mol. The van der Waals surface area contributed by atoms with E-state index >= 15 is 0 Å². The maximum absolute atomic E-state index is 5.97. The molecule has 3 N–H and O–H groups in total. The van der Waals surface area contributed by atoms with Crippen molar-refractivity contribution >= 4 is 0 Å². The molecule has 3 nitrogen and oxygen atoms in total. The predicted molar refractivity (Wildman–Crippen MR) is 63.3 cm³/mol. The molecule has 0 bridgehead atoms. The second-order valence-corrected chi connectivity index (χ2v) is 4.58. The Bertz CT molecular complexity index is 204. The Morgan fingerprint density at radius 2 is 2.47 bits per heavy atom. The van der Waals surface area contributed by atoms with Gasteiger partial charge < -0.3 is 4.74 Å². The SMILES string of the molecule is C=CC(NN)C1(OCC)CCCC(C)C1. The number of rotatable bonds is 5. The molecule has 1 saturated carbocycles. The van der Waals surface area contributed by atoms with E-state index in [1.54, 1.807) is 0 Å². The summed E-state index contributed by atoms with van der Waals surface area (Å²) in [6.45, 7) is 8.89. The van der Waals surface area contributed by atoms with Crippen LogP contribution in [-0.4, -0.2) is 18.2 Å². The molecule has 0 aliphatic heterocycles. The highest BCUT2D eigenvalue weighted by Gasteiger charge is 2.40. The third kappa shape index (κ3) is 2.80. The lowest BCUT2D eigenvalue weighted by atomic mass is 9.74. The van der Waals surface area contributed by atoms with Crippen LogP contribution < -0.4 is 11.3 Å². The molecule has 0 radical (unpaired) electrons. The fourth-order valence-corrected chi connectivity index (χ4v) is 2.77. The molecule has 0 aromatic carbocycles. The number of hydrazine groups is 1. The Labute approximate surface area is 93.0 Å². The lowest BCUT2D eigenvalue weighted by Gasteiger charge is -2.44. The minimum absolute atomic E-state index is 0.0557. The van der Waals surface area contributed by atoms with Crippen molar-refractivity contribution in [2.24, 2.45) is 11.8 Å². The first kappa shape index (κ1) is 12.7. The zero-order valence-corrected chi connectivity index (χ0v) is 9.96. The van der Waals surface area contributed by atoms with Gasteiger partial charge in [0.25, 0.3) is 0 Å². The Kier molecular flexibility index (Phi) is 4.77. The summed E-state index contributed by atoms with van der Waals surface area (Å²) in [6, 6.07) is 0.0557. The first-order valence-electron chi connectivity index (χ1n) is 5.91. The summed E-state index contributed by atoms with van der Waals surface area (Å²) < 4.78 is 5.97. The van der Waals surface area contributed by atoms with E-state index in [-0.39, 0.29) is 11.6 Å². The molecular weight excluding hydrogens is 188 g/mol. The monoisotopic (exact) mass is 212 g/mol. The Hall–Kier alpha value is -0.380. The summed E-state index contributed by atoms with van der Waals surface area (Å²) in [5, 5.41) is 0. The van der Waals surface area contributed by atoms with Gasteiger partial charge in [0, 0.05) is 6.61 Å². The normalized spacial score (nSPS) is 33.7. The zero-order valence-electron chi connectivity index (χ0n) is 9.96. The summed E-state index contributed by atoms with van der Waals surface area (Å²) in [5.74, 6) is 6.28. The van der Waals surface area contributed by atoms with Gasteiger partial charge in [0.2, 0.25) is 0 Å². The van der Waals surface area contributed by atoms with Gasteiger partial charge in [-0.25, -0.2) is 0 Å². The van der Waals surface area contributed by atoms with Crippen LogP contribution in [0.3, 0.4) is 0 Å². The fraction of sp³-hybridized carbons (Fsp3) is 0.833. The van der Waals surface area contributed by atoms with E-state index in [2.05, 4.69) is 18.9 Å². The van der Waals surface area contributed by atoms with Crippen molar-refractivity contribution in [2.75, 3.05) is 6.61 Å².